The molecule has 0 aromatic carbocycles. The fourth-order valence-corrected chi connectivity index (χ4v) is 2.74. The maximum atomic E-state index is 11.2. The number of fused-ring (bicyclic) bond motifs is 2. The molecule has 2 bridgehead atoms. The maximum Gasteiger partial charge on any atom is 0.133 e. The second-order valence-corrected chi connectivity index (χ2v) is 3.94. The lowest BCUT2D eigenvalue weighted by molar-refractivity contribution is -0.122. The van der Waals surface area contributed by atoms with E-state index in [4.69, 9.17) is 0 Å². The van der Waals surface area contributed by atoms with Crippen molar-refractivity contribution in [3.05, 3.63) is 12.2 Å². The fraction of sp³-hybridized carbons (Fsp3) is 0.700. The summed E-state index contributed by atoms with van der Waals surface area (Å²) in [6.45, 7) is 3.94. The molecule has 0 N–H and O–H groups in total. The van der Waals surface area contributed by atoms with E-state index in [9.17, 15) is 4.79 Å². The van der Waals surface area contributed by atoms with Crippen molar-refractivity contribution in [1.29, 1.82) is 0 Å². The summed E-state index contributed by atoms with van der Waals surface area (Å²) in [6, 6.07) is 0. The topological polar surface area (TPSA) is 17.1 Å². The van der Waals surface area contributed by atoms with Crippen molar-refractivity contribution in [3.8, 4) is 0 Å². The first-order valence-corrected chi connectivity index (χ1v) is 4.39. The minimum atomic E-state index is 0.338. The van der Waals surface area contributed by atoms with Crippen molar-refractivity contribution >= 4 is 5.78 Å². The summed E-state index contributed by atoms with van der Waals surface area (Å²) >= 11 is 0. The molecule has 0 radical (unpaired) electrons. The molecule has 0 aromatic heterocycles. The molecular weight excluding hydrogens is 136 g/mol. The van der Waals surface area contributed by atoms with E-state index < -0.39 is 0 Å². The van der Waals surface area contributed by atoms with Crippen LogP contribution in [0, 0.1) is 23.7 Å². The lowest BCUT2D eigenvalue weighted by Crippen LogP contribution is -2.23. The van der Waals surface area contributed by atoms with Gasteiger partial charge in [0.05, 0.1) is 0 Å². The summed E-state index contributed by atoms with van der Waals surface area (Å²) in [7, 11) is 0. The van der Waals surface area contributed by atoms with Gasteiger partial charge in [-0.2, -0.15) is 0 Å². The Bertz CT molecular complexity index is 217. The van der Waals surface area contributed by atoms with Gasteiger partial charge in [-0.25, -0.2) is 0 Å². The Morgan fingerprint density at radius 3 is 2.36 bits per heavy atom. The van der Waals surface area contributed by atoms with Crippen molar-refractivity contribution in [2.45, 2.75) is 20.3 Å². The minimum Gasteiger partial charge on any atom is -0.300 e. The SMILES string of the molecule is CC(=O)[C@H]1[C@H](C)[C@H]2C=C[C@H]1C2. The Hall–Kier alpha value is -0.590. The Balaban J connectivity index is 2.25. The van der Waals surface area contributed by atoms with Gasteiger partial charge < -0.3 is 0 Å². The maximum absolute atomic E-state index is 11.2. The van der Waals surface area contributed by atoms with Gasteiger partial charge in [-0.05, 0) is 31.1 Å². The first-order valence-electron chi connectivity index (χ1n) is 4.39. The molecule has 2 rings (SSSR count). The normalized spacial score (nSPS) is 46.7. The summed E-state index contributed by atoms with van der Waals surface area (Å²) in [4.78, 5) is 11.2. The molecule has 0 heterocycles. The average molecular weight is 150 g/mol. The Morgan fingerprint density at radius 1 is 1.36 bits per heavy atom. The largest absolute Gasteiger partial charge is 0.300 e. The summed E-state index contributed by atoms with van der Waals surface area (Å²) in [5.41, 5.74) is 0. The van der Waals surface area contributed by atoms with Gasteiger partial charge in [0.2, 0.25) is 0 Å². The average Bonchev–Trinajstić information content (AvgIpc) is 2.44. The molecule has 0 saturated heterocycles. The number of hydrogen-bond acceptors (Lipinski definition) is 1. The van der Waals surface area contributed by atoms with Gasteiger partial charge in [-0.3, -0.25) is 4.79 Å². The van der Waals surface area contributed by atoms with Gasteiger partial charge in [-0.1, -0.05) is 19.1 Å². The van der Waals surface area contributed by atoms with Crippen molar-refractivity contribution in [1.82, 2.24) is 0 Å². The van der Waals surface area contributed by atoms with E-state index in [1.807, 2.05) is 0 Å². The zero-order chi connectivity index (χ0) is 8.01. The van der Waals surface area contributed by atoms with Gasteiger partial charge in [0.15, 0.2) is 0 Å². The van der Waals surface area contributed by atoms with E-state index >= 15 is 0 Å². The smallest absolute Gasteiger partial charge is 0.133 e. The lowest BCUT2D eigenvalue weighted by atomic mass is 9.82. The molecule has 60 valence electrons. The van der Waals surface area contributed by atoms with E-state index in [2.05, 4.69) is 19.1 Å². The number of carbonyl (C=O) groups excluding carboxylic acids is 1. The van der Waals surface area contributed by atoms with Crippen LogP contribution in [0.25, 0.3) is 0 Å². The third kappa shape index (κ3) is 0.867. The fourth-order valence-electron chi connectivity index (χ4n) is 2.74. The van der Waals surface area contributed by atoms with Crippen LogP contribution in [-0.2, 0) is 4.79 Å². The molecule has 0 unspecified atom stereocenters. The number of ketones is 1. The quantitative estimate of drug-likeness (QED) is 0.523. The molecule has 2 aliphatic rings. The number of carbonyl (C=O) groups is 1. The minimum absolute atomic E-state index is 0.338. The lowest BCUT2D eigenvalue weighted by Gasteiger charge is -2.21. The van der Waals surface area contributed by atoms with Gasteiger partial charge in [-0.15, -0.1) is 0 Å². The molecule has 0 aliphatic heterocycles. The van der Waals surface area contributed by atoms with Crippen LogP contribution < -0.4 is 0 Å². The van der Waals surface area contributed by atoms with Crippen LogP contribution in [0.4, 0.5) is 0 Å². The van der Waals surface area contributed by atoms with E-state index in [-0.39, 0.29) is 0 Å². The molecular formula is C10H14O. The van der Waals surface area contributed by atoms with Gasteiger partial charge in [0.1, 0.15) is 5.78 Å². The Labute approximate surface area is 67.5 Å². The molecule has 0 spiro atoms. The van der Waals surface area contributed by atoms with Crippen LogP contribution in [0.3, 0.4) is 0 Å². The van der Waals surface area contributed by atoms with Crippen LogP contribution in [-0.4, -0.2) is 5.78 Å². The highest BCUT2D eigenvalue weighted by Crippen LogP contribution is 2.47. The summed E-state index contributed by atoms with van der Waals surface area (Å²) in [5, 5.41) is 0. The Morgan fingerprint density at radius 2 is 2.00 bits per heavy atom. The standard InChI is InChI=1S/C10H14O/c1-6-8-3-4-9(5-8)10(6)7(2)11/h3-4,6,8-10H,5H2,1-2H3/t6-,8+,9+,10-/m1/s1. The van der Waals surface area contributed by atoms with Gasteiger partial charge in [0.25, 0.3) is 0 Å². The van der Waals surface area contributed by atoms with E-state index in [1.54, 1.807) is 6.92 Å². The van der Waals surface area contributed by atoms with Crippen LogP contribution in [0.5, 0.6) is 0 Å². The molecule has 1 fully saturated rings. The monoisotopic (exact) mass is 150 g/mol. The van der Waals surface area contributed by atoms with E-state index in [1.165, 1.54) is 6.42 Å². The highest BCUT2D eigenvalue weighted by Gasteiger charge is 2.43. The summed E-state index contributed by atoms with van der Waals surface area (Å²) < 4.78 is 0. The van der Waals surface area contributed by atoms with E-state index in [0.717, 1.165) is 0 Å². The first kappa shape index (κ1) is 7.08. The Kier molecular flexibility index (Phi) is 1.41. The molecule has 1 nitrogen and oxygen atoms in total. The summed E-state index contributed by atoms with van der Waals surface area (Å²) in [5.74, 6) is 2.60. The number of allylic oxidation sites excluding steroid dienone is 2. The molecule has 0 aromatic rings. The third-order valence-corrected chi connectivity index (χ3v) is 3.32. The number of hydrogen-bond donors (Lipinski definition) is 0. The van der Waals surface area contributed by atoms with Crippen LogP contribution in [0.15, 0.2) is 12.2 Å². The zero-order valence-electron chi connectivity index (χ0n) is 7.08. The van der Waals surface area contributed by atoms with Crippen molar-refractivity contribution in [2.75, 3.05) is 0 Å². The van der Waals surface area contributed by atoms with Gasteiger partial charge >= 0.3 is 0 Å². The van der Waals surface area contributed by atoms with E-state index in [0.29, 0.717) is 29.5 Å². The van der Waals surface area contributed by atoms with Crippen LogP contribution in [0.2, 0.25) is 0 Å². The van der Waals surface area contributed by atoms with Gasteiger partial charge in [0, 0.05) is 5.92 Å². The van der Waals surface area contributed by atoms with Crippen molar-refractivity contribution in [2.24, 2.45) is 23.7 Å². The third-order valence-electron chi connectivity index (χ3n) is 3.32. The van der Waals surface area contributed by atoms with Crippen LogP contribution in [0.1, 0.15) is 20.3 Å². The molecule has 0 amide bonds. The van der Waals surface area contributed by atoms with Crippen LogP contribution >= 0.6 is 0 Å². The molecule has 2 aliphatic carbocycles. The molecule has 4 atom stereocenters. The predicted octanol–water partition coefficient (Wildman–Crippen LogP) is 2.03. The number of rotatable bonds is 1. The summed E-state index contributed by atoms with van der Waals surface area (Å²) in [6.07, 6.45) is 5.75. The predicted molar refractivity (Wildman–Crippen MR) is 44.1 cm³/mol. The zero-order valence-corrected chi connectivity index (χ0v) is 7.08. The molecule has 1 saturated carbocycles. The second kappa shape index (κ2) is 2.20. The number of Topliss-reactive ketones (excluding diaryl/α,β-unsaturated/α-hetero) is 1. The highest BCUT2D eigenvalue weighted by atomic mass is 16.1. The second-order valence-electron chi connectivity index (χ2n) is 3.94. The first-order chi connectivity index (χ1) is 5.20. The van der Waals surface area contributed by atoms with Crippen molar-refractivity contribution < 1.29 is 4.79 Å². The molecule has 1 heteroatoms. The highest BCUT2D eigenvalue weighted by molar-refractivity contribution is 5.80. The molecule has 11 heavy (non-hydrogen) atoms. The van der Waals surface area contributed by atoms with Crippen molar-refractivity contribution in [3.63, 3.8) is 0 Å².